The van der Waals surface area contributed by atoms with Crippen molar-refractivity contribution in [3.63, 3.8) is 0 Å². The number of nitrogens with zero attached hydrogens (tertiary/aromatic N) is 4. The maximum atomic E-state index is 14.1. The number of aromatic nitrogens is 1. The first kappa shape index (κ1) is 31.4. The molecule has 14 heteroatoms. The molecule has 1 saturated heterocycles. The van der Waals surface area contributed by atoms with Crippen LogP contribution < -0.4 is 29.3 Å². The minimum atomic E-state index is -0.899. The van der Waals surface area contributed by atoms with E-state index in [2.05, 4.69) is 20.9 Å². The minimum Gasteiger partial charge on any atom is -0.493 e. The SMILES string of the molecule is CCOC(=O)C1=C(C)N=c2s/c(=C\c3ccc(N4CCOCC4)c([N+](=O)[O-])c3)c(=O)n2[C@@H]1c1cc(OC)c(OCC)cc1Br. The van der Waals surface area contributed by atoms with E-state index in [4.69, 9.17) is 18.9 Å². The Balaban J connectivity index is 1.68. The van der Waals surface area contributed by atoms with Gasteiger partial charge in [-0.25, -0.2) is 9.79 Å². The number of morpholine rings is 1. The molecule has 0 radical (unpaired) electrons. The lowest BCUT2D eigenvalue weighted by molar-refractivity contribution is -0.384. The molecular weight excluding hydrogens is 656 g/mol. The summed E-state index contributed by atoms with van der Waals surface area (Å²) in [4.78, 5) is 45.9. The quantitative estimate of drug-likeness (QED) is 0.188. The van der Waals surface area contributed by atoms with Gasteiger partial charge in [0.2, 0.25) is 0 Å². The fourth-order valence-corrected chi connectivity index (χ4v) is 6.86. The number of nitro benzene ring substituents is 1. The zero-order valence-electron chi connectivity index (χ0n) is 24.6. The Labute approximate surface area is 265 Å². The number of nitro groups is 1. The van der Waals surface area contributed by atoms with Crippen molar-refractivity contribution in [1.29, 1.82) is 0 Å². The summed E-state index contributed by atoms with van der Waals surface area (Å²) in [5.41, 5.74) is 1.71. The first-order valence-electron chi connectivity index (χ1n) is 14.0. The molecule has 3 heterocycles. The number of hydrogen-bond acceptors (Lipinski definition) is 11. The van der Waals surface area contributed by atoms with Crippen LogP contribution in [0.3, 0.4) is 0 Å². The number of thiazole rings is 1. The lowest BCUT2D eigenvalue weighted by Crippen LogP contribution is -2.40. The Bertz CT molecular complexity index is 1830. The Morgan fingerprint density at radius 2 is 1.95 bits per heavy atom. The maximum Gasteiger partial charge on any atom is 0.338 e. The predicted octanol–water partition coefficient (Wildman–Crippen LogP) is 3.71. The summed E-state index contributed by atoms with van der Waals surface area (Å²) in [5.74, 6) is 0.332. The first-order chi connectivity index (χ1) is 21.2. The molecule has 0 bridgehead atoms. The molecule has 2 aromatic carbocycles. The van der Waals surface area contributed by atoms with E-state index >= 15 is 0 Å². The zero-order chi connectivity index (χ0) is 31.5. The van der Waals surface area contributed by atoms with Gasteiger partial charge >= 0.3 is 5.97 Å². The van der Waals surface area contributed by atoms with Gasteiger partial charge in [-0.2, -0.15) is 0 Å². The van der Waals surface area contributed by atoms with Gasteiger partial charge in [0.1, 0.15) is 5.69 Å². The Morgan fingerprint density at radius 1 is 1.20 bits per heavy atom. The van der Waals surface area contributed by atoms with Gasteiger partial charge in [-0.05, 0) is 56.2 Å². The van der Waals surface area contributed by atoms with Crippen molar-refractivity contribution in [2.24, 2.45) is 4.99 Å². The molecule has 0 spiro atoms. The summed E-state index contributed by atoms with van der Waals surface area (Å²) in [6.45, 7) is 7.89. The van der Waals surface area contributed by atoms with Gasteiger partial charge in [0.25, 0.3) is 11.2 Å². The smallest absolute Gasteiger partial charge is 0.338 e. The molecule has 0 amide bonds. The van der Waals surface area contributed by atoms with Crippen LogP contribution in [0.1, 0.15) is 37.9 Å². The highest BCUT2D eigenvalue weighted by Crippen LogP contribution is 2.41. The molecule has 5 rings (SSSR count). The second-order valence-electron chi connectivity index (χ2n) is 9.86. The Kier molecular flexibility index (Phi) is 9.51. The van der Waals surface area contributed by atoms with Crippen molar-refractivity contribution in [3.8, 4) is 11.5 Å². The predicted molar refractivity (Wildman–Crippen MR) is 168 cm³/mol. The molecule has 3 aromatic rings. The third-order valence-electron chi connectivity index (χ3n) is 7.24. The van der Waals surface area contributed by atoms with Gasteiger partial charge in [0, 0.05) is 23.6 Å². The van der Waals surface area contributed by atoms with E-state index in [0.29, 0.717) is 80.7 Å². The van der Waals surface area contributed by atoms with Crippen LogP contribution in [0.2, 0.25) is 0 Å². The molecule has 0 N–H and O–H groups in total. The molecule has 1 atom stereocenters. The van der Waals surface area contributed by atoms with Crippen molar-refractivity contribution in [2.75, 3.05) is 51.5 Å². The van der Waals surface area contributed by atoms with Crippen LogP contribution in [0, 0.1) is 10.1 Å². The average Bonchev–Trinajstić information content (AvgIpc) is 3.31. The molecule has 2 aliphatic heterocycles. The fourth-order valence-electron chi connectivity index (χ4n) is 5.27. The van der Waals surface area contributed by atoms with Gasteiger partial charge in [-0.1, -0.05) is 33.3 Å². The number of allylic oxidation sites excluding steroid dienone is 1. The van der Waals surface area contributed by atoms with E-state index < -0.39 is 22.5 Å². The largest absolute Gasteiger partial charge is 0.493 e. The van der Waals surface area contributed by atoms with Crippen molar-refractivity contribution >= 4 is 50.7 Å². The second kappa shape index (κ2) is 13.3. The highest BCUT2D eigenvalue weighted by atomic mass is 79.9. The van der Waals surface area contributed by atoms with Crippen LogP contribution in [-0.2, 0) is 14.3 Å². The number of esters is 1. The molecule has 12 nitrogen and oxygen atoms in total. The summed E-state index contributed by atoms with van der Waals surface area (Å²) in [6, 6.07) is 7.47. The third-order valence-corrected chi connectivity index (χ3v) is 8.91. The Hall–Kier alpha value is -4.01. The van der Waals surface area contributed by atoms with Crippen molar-refractivity contribution in [2.45, 2.75) is 26.8 Å². The van der Waals surface area contributed by atoms with Gasteiger partial charge < -0.3 is 23.8 Å². The van der Waals surface area contributed by atoms with Gasteiger partial charge in [-0.15, -0.1) is 0 Å². The average molecular weight is 688 g/mol. The number of carbonyl (C=O) groups is 1. The number of rotatable bonds is 9. The van der Waals surface area contributed by atoms with Crippen molar-refractivity contribution in [1.82, 2.24) is 4.57 Å². The van der Waals surface area contributed by atoms with Crippen LogP contribution in [0.25, 0.3) is 6.08 Å². The maximum absolute atomic E-state index is 14.1. The van der Waals surface area contributed by atoms with E-state index in [0.717, 1.165) is 11.3 Å². The topological polar surface area (TPSA) is 135 Å². The van der Waals surface area contributed by atoms with Crippen LogP contribution in [0.4, 0.5) is 11.4 Å². The van der Waals surface area contributed by atoms with E-state index in [1.807, 2.05) is 11.8 Å². The summed E-state index contributed by atoms with van der Waals surface area (Å²) in [7, 11) is 1.51. The molecule has 44 heavy (non-hydrogen) atoms. The number of hydrogen-bond donors (Lipinski definition) is 0. The molecular formula is C30H31BrN4O8S. The molecule has 232 valence electrons. The number of ether oxygens (including phenoxy) is 4. The molecule has 1 fully saturated rings. The van der Waals surface area contributed by atoms with E-state index in [-0.39, 0.29) is 17.9 Å². The van der Waals surface area contributed by atoms with E-state index in [1.54, 1.807) is 44.2 Å². The fraction of sp³-hybridized carbons (Fsp3) is 0.367. The van der Waals surface area contributed by atoms with Crippen molar-refractivity contribution in [3.05, 3.63) is 87.0 Å². The minimum absolute atomic E-state index is 0.0582. The normalized spacial score (nSPS) is 16.8. The number of fused-ring (bicyclic) bond motifs is 1. The standard InChI is InChI=1S/C30H31BrN4O8S/c1-5-42-24-16-20(31)19(15-23(24)40-4)27-26(29(37)43-6-2)17(3)32-30-34(27)28(36)25(44-30)14-18-7-8-21(22(13-18)35(38)39)33-9-11-41-12-10-33/h7-8,13-16,27H,5-6,9-12H2,1-4H3/b25-14-/t27-/m1/s1. The van der Waals surface area contributed by atoms with Gasteiger partial charge in [-0.3, -0.25) is 19.5 Å². The van der Waals surface area contributed by atoms with Gasteiger partial charge in [0.05, 0.1) is 60.3 Å². The molecule has 0 unspecified atom stereocenters. The number of carbonyl (C=O) groups excluding carboxylic acids is 1. The molecule has 2 aliphatic rings. The highest BCUT2D eigenvalue weighted by molar-refractivity contribution is 9.10. The first-order valence-corrected chi connectivity index (χ1v) is 15.6. The molecule has 0 aliphatic carbocycles. The van der Waals surface area contributed by atoms with Crippen LogP contribution >= 0.6 is 27.3 Å². The van der Waals surface area contributed by atoms with Crippen LogP contribution in [0.5, 0.6) is 11.5 Å². The summed E-state index contributed by atoms with van der Waals surface area (Å²) in [6.07, 6.45) is 1.61. The second-order valence-corrected chi connectivity index (χ2v) is 11.7. The number of methoxy groups -OCH3 is 1. The molecule has 1 aromatic heterocycles. The van der Waals surface area contributed by atoms with Crippen LogP contribution in [-0.4, -0.2) is 62.1 Å². The monoisotopic (exact) mass is 686 g/mol. The summed E-state index contributed by atoms with van der Waals surface area (Å²) in [5, 5.41) is 12.0. The van der Waals surface area contributed by atoms with Crippen LogP contribution in [0.15, 0.2) is 55.9 Å². The van der Waals surface area contributed by atoms with Crippen molar-refractivity contribution < 1.29 is 28.7 Å². The lowest BCUT2D eigenvalue weighted by Gasteiger charge is -2.28. The number of anilines is 1. The third kappa shape index (κ3) is 6.01. The van der Waals surface area contributed by atoms with E-state index in [9.17, 15) is 19.7 Å². The molecule has 0 saturated carbocycles. The number of halogens is 1. The van der Waals surface area contributed by atoms with Gasteiger partial charge in [0.15, 0.2) is 16.3 Å². The summed E-state index contributed by atoms with van der Waals surface area (Å²) < 4.78 is 24.4. The Morgan fingerprint density at radius 3 is 2.61 bits per heavy atom. The number of benzene rings is 2. The lowest BCUT2D eigenvalue weighted by atomic mass is 9.95. The van der Waals surface area contributed by atoms with E-state index in [1.165, 1.54) is 17.7 Å². The zero-order valence-corrected chi connectivity index (χ0v) is 27.0. The summed E-state index contributed by atoms with van der Waals surface area (Å²) >= 11 is 4.75. The highest BCUT2D eigenvalue weighted by Gasteiger charge is 2.35.